The number of nitro groups is 1. The lowest BCUT2D eigenvalue weighted by atomic mass is 10.2. The maximum atomic E-state index is 12.4. The SMILES string of the molecule is COC(=O)Cn1c(=NC(=O)/C=C/c2cccc([N+](=O)[O-])c2)sc2cc(OC)ccc21. The number of ether oxygens (including phenoxy) is 2. The van der Waals surface area contributed by atoms with Gasteiger partial charge in [0, 0.05) is 18.2 Å². The van der Waals surface area contributed by atoms with Gasteiger partial charge >= 0.3 is 5.97 Å². The van der Waals surface area contributed by atoms with Crippen LogP contribution in [0.25, 0.3) is 16.3 Å². The predicted molar refractivity (Wildman–Crippen MR) is 111 cm³/mol. The minimum atomic E-state index is -0.571. The molecule has 0 fully saturated rings. The number of carbonyl (C=O) groups excluding carboxylic acids is 2. The first-order valence-corrected chi connectivity index (χ1v) is 9.48. The van der Waals surface area contributed by atoms with E-state index in [1.165, 1.54) is 48.8 Å². The van der Waals surface area contributed by atoms with Crippen LogP contribution in [0.1, 0.15) is 5.56 Å². The van der Waals surface area contributed by atoms with E-state index in [1.54, 1.807) is 35.9 Å². The second-order valence-electron chi connectivity index (χ2n) is 6.02. The van der Waals surface area contributed by atoms with Gasteiger partial charge in [0.1, 0.15) is 12.3 Å². The number of nitrogens with zero attached hydrogens (tertiary/aromatic N) is 3. The minimum Gasteiger partial charge on any atom is -0.497 e. The molecule has 0 atom stereocenters. The summed E-state index contributed by atoms with van der Waals surface area (Å²) in [7, 11) is 2.83. The summed E-state index contributed by atoms with van der Waals surface area (Å²) >= 11 is 1.23. The molecule has 0 bridgehead atoms. The fourth-order valence-electron chi connectivity index (χ4n) is 2.65. The molecule has 10 heteroatoms. The zero-order valence-electron chi connectivity index (χ0n) is 16.1. The average molecular weight is 427 g/mol. The third kappa shape index (κ3) is 4.78. The normalized spacial score (nSPS) is 11.7. The van der Waals surface area contributed by atoms with Crippen molar-refractivity contribution < 1.29 is 24.0 Å². The van der Waals surface area contributed by atoms with Crippen LogP contribution < -0.4 is 9.54 Å². The van der Waals surface area contributed by atoms with Crippen LogP contribution in [0.3, 0.4) is 0 Å². The summed E-state index contributed by atoms with van der Waals surface area (Å²) in [6.07, 6.45) is 2.66. The van der Waals surface area contributed by atoms with Crippen LogP contribution >= 0.6 is 11.3 Å². The molecule has 1 aromatic heterocycles. The van der Waals surface area contributed by atoms with Crippen molar-refractivity contribution in [1.82, 2.24) is 4.57 Å². The van der Waals surface area contributed by atoms with Gasteiger partial charge in [0.25, 0.3) is 11.6 Å². The number of rotatable bonds is 6. The van der Waals surface area contributed by atoms with Crippen molar-refractivity contribution in [2.45, 2.75) is 6.54 Å². The van der Waals surface area contributed by atoms with Gasteiger partial charge < -0.3 is 14.0 Å². The van der Waals surface area contributed by atoms with Gasteiger partial charge in [0.05, 0.1) is 29.4 Å². The Bertz CT molecular complexity index is 1220. The fraction of sp³-hybridized carbons (Fsp3) is 0.150. The van der Waals surface area contributed by atoms with E-state index in [9.17, 15) is 19.7 Å². The first kappa shape index (κ1) is 20.9. The van der Waals surface area contributed by atoms with Gasteiger partial charge in [-0.1, -0.05) is 23.5 Å². The summed E-state index contributed by atoms with van der Waals surface area (Å²) in [5.74, 6) is -0.414. The Morgan fingerprint density at radius 1 is 1.23 bits per heavy atom. The third-order valence-corrected chi connectivity index (χ3v) is 5.15. The van der Waals surface area contributed by atoms with Crippen LogP contribution in [0.15, 0.2) is 53.5 Å². The quantitative estimate of drug-likeness (QED) is 0.259. The molecule has 0 spiro atoms. The number of hydrogen-bond acceptors (Lipinski definition) is 7. The molecular formula is C20H17N3O6S. The smallest absolute Gasteiger partial charge is 0.325 e. The summed E-state index contributed by atoms with van der Waals surface area (Å²) in [6, 6.07) is 11.2. The number of non-ortho nitro benzene ring substituents is 1. The van der Waals surface area contributed by atoms with E-state index in [2.05, 4.69) is 4.99 Å². The van der Waals surface area contributed by atoms with Crippen LogP contribution in [0.5, 0.6) is 5.75 Å². The van der Waals surface area contributed by atoms with Crippen LogP contribution in [0.4, 0.5) is 5.69 Å². The molecule has 0 radical (unpaired) electrons. The van der Waals surface area contributed by atoms with E-state index in [0.29, 0.717) is 21.6 Å². The molecular weight excluding hydrogens is 410 g/mol. The van der Waals surface area contributed by atoms with Gasteiger partial charge in [-0.25, -0.2) is 0 Å². The standard InChI is InChI=1S/C20H17N3O6S/c1-28-15-7-8-16-17(11-15)30-20(22(16)12-19(25)29-2)21-18(24)9-6-13-4-3-5-14(10-13)23(26)27/h3-11H,12H2,1-2H3/b9-6+,21-20?. The number of thiazole rings is 1. The molecule has 9 nitrogen and oxygen atoms in total. The monoisotopic (exact) mass is 427 g/mol. The van der Waals surface area contributed by atoms with Crippen molar-refractivity contribution >= 4 is 45.2 Å². The van der Waals surface area contributed by atoms with Crippen molar-refractivity contribution in [3.05, 3.63) is 69.0 Å². The maximum Gasteiger partial charge on any atom is 0.325 e. The highest BCUT2D eigenvalue weighted by Crippen LogP contribution is 2.23. The highest BCUT2D eigenvalue weighted by Gasteiger charge is 2.12. The van der Waals surface area contributed by atoms with Crippen molar-refractivity contribution in [3.8, 4) is 5.75 Å². The van der Waals surface area contributed by atoms with E-state index in [0.717, 1.165) is 4.70 Å². The molecule has 1 heterocycles. The van der Waals surface area contributed by atoms with E-state index in [4.69, 9.17) is 9.47 Å². The predicted octanol–water partition coefficient (Wildman–Crippen LogP) is 2.93. The molecule has 0 N–H and O–H groups in total. The second-order valence-corrected chi connectivity index (χ2v) is 7.03. The van der Waals surface area contributed by atoms with Crippen LogP contribution in [-0.4, -0.2) is 35.6 Å². The summed E-state index contributed by atoms with van der Waals surface area (Å²) in [6.45, 7) is -0.108. The van der Waals surface area contributed by atoms with Gasteiger partial charge in [0.2, 0.25) is 0 Å². The number of methoxy groups -OCH3 is 2. The van der Waals surface area contributed by atoms with Crippen LogP contribution in [0, 0.1) is 10.1 Å². The van der Waals surface area contributed by atoms with E-state index < -0.39 is 16.8 Å². The summed E-state index contributed by atoms with van der Waals surface area (Å²) in [4.78, 5) is 39.0. The molecule has 0 aliphatic carbocycles. The highest BCUT2D eigenvalue weighted by atomic mass is 32.1. The summed E-state index contributed by atoms with van der Waals surface area (Å²) < 4.78 is 12.3. The van der Waals surface area contributed by atoms with Crippen LogP contribution in [0.2, 0.25) is 0 Å². The molecule has 0 saturated heterocycles. The Kier molecular flexibility index (Phi) is 6.38. The number of aromatic nitrogens is 1. The number of amides is 1. The Morgan fingerprint density at radius 2 is 2.03 bits per heavy atom. The molecule has 30 heavy (non-hydrogen) atoms. The Balaban J connectivity index is 1.98. The zero-order chi connectivity index (χ0) is 21.7. The maximum absolute atomic E-state index is 12.4. The molecule has 2 aromatic carbocycles. The van der Waals surface area contributed by atoms with Gasteiger partial charge in [-0.2, -0.15) is 4.99 Å². The minimum absolute atomic E-state index is 0.0732. The lowest BCUT2D eigenvalue weighted by Gasteiger charge is -2.04. The number of benzene rings is 2. The van der Waals surface area contributed by atoms with Gasteiger partial charge in [0.15, 0.2) is 4.80 Å². The third-order valence-electron chi connectivity index (χ3n) is 4.11. The molecule has 3 aromatic rings. The van der Waals surface area contributed by atoms with Gasteiger partial charge in [-0.05, 0) is 29.8 Å². The van der Waals surface area contributed by atoms with E-state index in [-0.39, 0.29) is 12.2 Å². The summed E-state index contributed by atoms with van der Waals surface area (Å²) in [5.41, 5.74) is 1.13. The Morgan fingerprint density at radius 3 is 2.73 bits per heavy atom. The number of fused-ring (bicyclic) bond motifs is 1. The van der Waals surface area contributed by atoms with Crippen LogP contribution in [-0.2, 0) is 20.9 Å². The van der Waals surface area contributed by atoms with E-state index in [1.807, 2.05) is 0 Å². The van der Waals surface area contributed by atoms with E-state index >= 15 is 0 Å². The first-order chi connectivity index (χ1) is 14.4. The van der Waals surface area contributed by atoms with Gasteiger partial charge in [-0.3, -0.25) is 19.7 Å². The zero-order valence-corrected chi connectivity index (χ0v) is 16.9. The molecule has 154 valence electrons. The number of nitro benzene ring substituents is 1. The topological polar surface area (TPSA) is 113 Å². The Hall–Kier alpha value is -3.79. The molecule has 0 aliphatic heterocycles. The van der Waals surface area contributed by atoms with Crippen molar-refractivity contribution in [2.24, 2.45) is 4.99 Å². The Labute approximate surface area is 174 Å². The lowest BCUT2D eigenvalue weighted by molar-refractivity contribution is -0.384. The molecule has 0 aliphatic rings. The average Bonchev–Trinajstić information content (AvgIpc) is 3.08. The molecule has 1 amide bonds. The summed E-state index contributed by atoms with van der Waals surface area (Å²) in [5, 5.41) is 10.9. The number of carbonyl (C=O) groups is 2. The van der Waals surface area contributed by atoms with Crippen molar-refractivity contribution in [2.75, 3.05) is 14.2 Å². The largest absolute Gasteiger partial charge is 0.497 e. The molecule has 3 rings (SSSR count). The molecule has 0 unspecified atom stereocenters. The van der Waals surface area contributed by atoms with Crippen molar-refractivity contribution in [3.63, 3.8) is 0 Å². The first-order valence-electron chi connectivity index (χ1n) is 8.66. The number of esters is 1. The molecule has 0 saturated carbocycles. The highest BCUT2D eigenvalue weighted by molar-refractivity contribution is 7.16. The fourth-order valence-corrected chi connectivity index (χ4v) is 3.72. The lowest BCUT2D eigenvalue weighted by Crippen LogP contribution is -2.22. The van der Waals surface area contributed by atoms with Crippen molar-refractivity contribution in [1.29, 1.82) is 0 Å². The van der Waals surface area contributed by atoms with Gasteiger partial charge in [-0.15, -0.1) is 0 Å². The second kappa shape index (κ2) is 9.14. The number of hydrogen-bond donors (Lipinski definition) is 0.